The number of hydrogen-bond donors (Lipinski definition) is 1. The van der Waals surface area contributed by atoms with Gasteiger partial charge in [-0.05, 0) is 31.0 Å². The summed E-state index contributed by atoms with van der Waals surface area (Å²) >= 11 is 11.9. The topological polar surface area (TPSA) is 60.9 Å². The molecule has 0 spiro atoms. The van der Waals surface area contributed by atoms with E-state index >= 15 is 0 Å². The van der Waals surface area contributed by atoms with E-state index in [1.165, 1.54) is 0 Å². The Morgan fingerprint density at radius 2 is 2.16 bits per heavy atom. The number of carbonyl (C=O) groups excluding carboxylic acids is 1. The quantitative estimate of drug-likeness (QED) is 0.658. The molecule has 0 aliphatic carbocycles. The molecule has 102 valence electrons. The molecule has 19 heavy (non-hydrogen) atoms. The van der Waals surface area contributed by atoms with E-state index in [1.54, 1.807) is 0 Å². The molecule has 4 nitrogen and oxygen atoms in total. The maximum absolute atomic E-state index is 10.7. The average molecular weight is 300 g/mol. The normalized spacial score (nSPS) is 11.1. The van der Waals surface area contributed by atoms with Crippen LogP contribution in [0.1, 0.15) is 25.1 Å². The number of nitrogens with zero attached hydrogens (tertiary/aromatic N) is 2. The van der Waals surface area contributed by atoms with E-state index in [-0.39, 0.29) is 5.91 Å². The van der Waals surface area contributed by atoms with Gasteiger partial charge in [0.15, 0.2) is 0 Å². The van der Waals surface area contributed by atoms with Gasteiger partial charge in [0.05, 0.1) is 16.9 Å². The Morgan fingerprint density at radius 3 is 2.84 bits per heavy atom. The predicted molar refractivity (Wildman–Crippen MR) is 77.3 cm³/mol. The second-order valence-corrected chi connectivity index (χ2v) is 5.07. The van der Waals surface area contributed by atoms with Crippen LogP contribution in [0.15, 0.2) is 18.2 Å². The lowest BCUT2D eigenvalue weighted by Gasteiger charge is -2.07. The van der Waals surface area contributed by atoms with E-state index in [4.69, 9.17) is 28.9 Å². The molecular weight excluding hydrogens is 285 g/mol. The van der Waals surface area contributed by atoms with E-state index in [0.717, 1.165) is 36.2 Å². The first-order valence-electron chi connectivity index (χ1n) is 6.10. The number of unbranched alkanes of at least 4 members (excludes halogenated alkanes) is 1. The zero-order valence-electron chi connectivity index (χ0n) is 10.4. The van der Waals surface area contributed by atoms with Crippen LogP contribution in [0.2, 0.25) is 5.02 Å². The summed E-state index contributed by atoms with van der Waals surface area (Å²) in [5.74, 6) is 0.903. The van der Waals surface area contributed by atoms with Crippen LogP contribution in [0.3, 0.4) is 0 Å². The average Bonchev–Trinajstić information content (AvgIpc) is 2.71. The van der Waals surface area contributed by atoms with Crippen molar-refractivity contribution in [3.8, 4) is 0 Å². The number of amides is 1. The molecule has 0 aliphatic rings. The Balaban J connectivity index is 2.18. The fraction of sp³-hybridized carbons (Fsp3) is 0.385. The van der Waals surface area contributed by atoms with Gasteiger partial charge < -0.3 is 10.3 Å². The molecule has 1 heterocycles. The lowest BCUT2D eigenvalue weighted by atomic mass is 10.2. The third kappa shape index (κ3) is 3.39. The van der Waals surface area contributed by atoms with Crippen LogP contribution in [0, 0.1) is 0 Å². The van der Waals surface area contributed by atoms with Gasteiger partial charge in [0.1, 0.15) is 5.82 Å². The maximum atomic E-state index is 10.7. The Kier molecular flexibility index (Phi) is 4.66. The van der Waals surface area contributed by atoms with Crippen LogP contribution < -0.4 is 5.73 Å². The van der Waals surface area contributed by atoms with Gasteiger partial charge in [0, 0.05) is 18.0 Å². The van der Waals surface area contributed by atoms with Gasteiger partial charge in [-0.2, -0.15) is 0 Å². The maximum Gasteiger partial charge on any atom is 0.217 e. The summed E-state index contributed by atoms with van der Waals surface area (Å²) in [6.07, 6.45) is 2.04. The molecule has 2 rings (SSSR count). The second-order valence-electron chi connectivity index (χ2n) is 4.37. The summed E-state index contributed by atoms with van der Waals surface area (Å²) in [5, 5.41) is 0.659. The van der Waals surface area contributed by atoms with Crippen LogP contribution >= 0.6 is 23.2 Å². The third-order valence-corrected chi connectivity index (χ3v) is 3.44. The first-order chi connectivity index (χ1) is 9.11. The molecule has 0 saturated carbocycles. The number of imidazole rings is 1. The molecule has 6 heteroatoms. The van der Waals surface area contributed by atoms with Crippen molar-refractivity contribution in [1.29, 1.82) is 0 Å². The molecule has 0 aliphatic heterocycles. The molecule has 0 radical (unpaired) electrons. The Hall–Kier alpha value is -1.26. The third-order valence-electron chi connectivity index (χ3n) is 2.96. The second kappa shape index (κ2) is 6.26. The van der Waals surface area contributed by atoms with E-state index in [2.05, 4.69) is 9.55 Å². The molecule has 0 atom stereocenters. The zero-order chi connectivity index (χ0) is 13.8. The highest BCUT2D eigenvalue weighted by molar-refractivity contribution is 6.31. The molecule has 2 aromatic rings. The molecule has 0 unspecified atom stereocenters. The molecule has 0 fully saturated rings. The van der Waals surface area contributed by atoms with Crippen molar-refractivity contribution in [3.63, 3.8) is 0 Å². The number of fused-ring (bicyclic) bond motifs is 1. The number of alkyl halides is 1. The number of hydrogen-bond acceptors (Lipinski definition) is 2. The van der Waals surface area contributed by atoms with Crippen molar-refractivity contribution in [3.05, 3.63) is 29.0 Å². The van der Waals surface area contributed by atoms with Crippen molar-refractivity contribution in [2.45, 2.75) is 31.7 Å². The summed E-state index contributed by atoms with van der Waals surface area (Å²) in [6, 6.07) is 5.60. The van der Waals surface area contributed by atoms with Crippen LogP contribution in [0.4, 0.5) is 0 Å². The summed E-state index contributed by atoms with van der Waals surface area (Å²) in [6.45, 7) is 0.771. The number of benzene rings is 1. The largest absolute Gasteiger partial charge is 0.370 e. The van der Waals surface area contributed by atoms with Gasteiger partial charge in [-0.1, -0.05) is 11.6 Å². The van der Waals surface area contributed by atoms with Gasteiger partial charge in [0.25, 0.3) is 0 Å². The predicted octanol–water partition coefficient (Wildman–Crippen LogP) is 3.08. The molecule has 1 aromatic heterocycles. The number of carbonyl (C=O) groups is 1. The van der Waals surface area contributed by atoms with E-state index in [9.17, 15) is 4.79 Å². The SMILES string of the molecule is NC(=O)CCCCn1c(CCl)nc2cc(Cl)ccc21. The minimum atomic E-state index is -0.264. The molecule has 1 amide bonds. The van der Waals surface area contributed by atoms with Gasteiger partial charge in [-0.15, -0.1) is 11.6 Å². The molecule has 1 aromatic carbocycles. The molecule has 0 bridgehead atoms. The van der Waals surface area contributed by atoms with Gasteiger partial charge in [-0.25, -0.2) is 4.98 Å². The first-order valence-corrected chi connectivity index (χ1v) is 7.02. The highest BCUT2D eigenvalue weighted by Gasteiger charge is 2.10. The van der Waals surface area contributed by atoms with Crippen LogP contribution in [-0.2, 0) is 17.2 Å². The van der Waals surface area contributed by atoms with Crippen molar-refractivity contribution in [1.82, 2.24) is 9.55 Å². The Morgan fingerprint density at radius 1 is 1.37 bits per heavy atom. The van der Waals surface area contributed by atoms with Gasteiger partial charge >= 0.3 is 0 Å². The number of aryl methyl sites for hydroxylation is 1. The number of rotatable bonds is 6. The van der Waals surface area contributed by atoms with E-state index in [1.807, 2.05) is 18.2 Å². The fourth-order valence-electron chi connectivity index (χ4n) is 2.07. The smallest absolute Gasteiger partial charge is 0.217 e. The lowest BCUT2D eigenvalue weighted by molar-refractivity contribution is -0.118. The highest BCUT2D eigenvalue weighted by Crippen LogP contribution is 2.22. The summed E-state index contributed by atoms with van der Waals surface area (Å²) < 4.78 is 2.07. The van der Waals surface area contributed by atoms with Gasteiger partial charge in [0.2, 0.25) is 5.91 Å². The number of halogens is 2. The van der Waals surface area contributed by atoms with Crippen molar-refractivity contribution < 1.29 is 4.79 Å². The highest BCUT2D eigenvalue weighted by atomic mass is 35.5. The monoisotopic (exact) mass is 299 g/mol. The zero-order valence-corrected chi connectivity index (χ0v) is 11.9. The van der Waals surface area contributed by atoms with E-state index in [0.29, 0.717) is 17.3 Å². The molecule has 0 saturated heterocycles. The lowest BCUT2D eigenvalue weighted by Crippen LogP contribution is -2.10. The number of nitrogens with two attached hydrogens (primary N) is 1. The van der Waals surface area contributed by atoms with Crippen molar-refractivity contribution >= 4 is 40.1 Å². The summed E-state index contributed by atoms with van der Waals surface area (Å²) in [7, 11) is 0. The Labute approximate surface area is 121 Å². The fourth-order valence-corrected chi connectivity index (χ4v) is 2.44. The van der Waals surface area contributed by atoms with Crippen molar-refractivity contribution in [2.75, 3.05) is 0 Å². The minimum Gasteiger partial charge on any atom is -0.370 e. The van der Waals surface area contributed by atoms with E-state index < -0.39 is 0 Å². The van der Waals surface area contributed by atoms with Gasteiger partial charge in [-0.3, -0.25) is 4.79 Å². The standard InChI is InChI=1S/C13H15Cl2N3O/c14-8-13-17-10-7-9(15)4-5-11(10)18(13)6-2-1-3-12(16)19/h4-5,7H,1-3,6,8H2,(H2,16,19). The Bertz CT molecular complexity index is 595. The summed E-state index contributed by atoms with van der Waals surface area (Å²) in [4.78, 5) is 15.2. The molecular formula is C13H15Cl2N3O. The van der Waals surface area contributed by atoms with Crippen LogP contribution in [-0.4, -0.2) is 15.5 Å². The number of aromatic nitrogens is 2. The number of primary amides is 1. The minimum absolute atomic E-state index is 0.264. The van der Waals surface area contributed by atoms with Crippen LogP contribution in [0.25, 0.3) is 11.0 Å². The van der Waals surface area contributed by atoms with Crippen LogP contribution in [0.5, 0.6) is 0 Å². The summed E-state index contributed by atoms with van der Waals surface area (Å²) in [5.41, 5.74) is 6.98. The first kappa shape index (κ1) is 14.2. The van der Waals surface area contributed by atoms with Crippen molar-refractivity contribution in [2.24, 2.45) is 5.73 Å². The molecule has 2 N–H and O–H groups in total.